The van der Waals surface area contributed by atoms with Crippen LogP contribution in [0.15, 0.2) is 83.8 Å². The number of fused-ring (bicyclic) bond motifs is 1. The van der Waals surface area contributed by atoms with Crippen molar-refractivity contribution in [3.05, 3.63) is 84.4 Å². The summed E-state index contributed by atoms with van der Waals surface area (Å²) in [7, 11) is -3.67. The van der Waals surface area contributed by atoms with Gasteiger partial charge >= 0.3 is 0 Å². The minimum absolute atomic E-state index is 0.211. The molecule has 5 nitrogen and oxygen atoms in total. The number of ether oxygens (including phenoxy) is 1. The summed E-state index contributed by atoms with van der Waals surface area (Å²) >= 11 is 0. The molecule has 6 heteroatoms. The van der Waals surface area contributed by atoms with E-state index in [1.807, 2.05) is 47.2 Å². The molecule has 0 saturated carbocycles. The highest BCUT2D eigenvalue weighted by Crippen LogP contribution is 2.32. The van der Waals surface area contributed by atoms with Gasteiger partial charge in [-0.1, -0.05) is 42.5 Å². The van der Waals surface area contributed by atoms with Crippen LogP contribution < -0.4 is 9.46 Å². The first-order chi connectivity index (χ1) is 12.6. The average molecular weight is 365 g/mol. The molecule has 130 valence electrons. The first-order valence-electron chi connectivity index (χ1n) is 8.14. The van der Waals surface area contributed by atoms with Gasteiger partial charge < -0.3 is 4.74 Å². The van der Waals surface area contributed by atoms with Crippen molar-refractivity contribution >= 4 is 27.6 Å². The van der Waals surface area contributed by atoms with E-state index >= 15 is 0 Å². The van der Waals surface area contributed by atoms with E-state index in [1.54, 1.807) is 42.5 Å². The van der Waals surface area contributed by atoms with Crippen LogP contribution in [-0.4, -0.2) is 25.9 Å². The van der Waals surface area contributed by atoms with Crippen LogP contribution in [0.5, 0.6) is 5.75 Å². The molecule has 0 bridgehead atoms. The van der Waals surface area contributed by atoms with Crippen LogP contribution in [0.25, 0.3) is 0 Å². The van der Waals surface area contributed by atoms with Crippen LogP contribution in [0.1, 0.15) is 5.56 Å². The highest BCUT2D eigenvalue weighted by Gasteiger charge is 2.23. The molecule has 0 radical (unpaired) electrons. The van der Waals surface area contributed by atoms with E-state index in [-0.39, 0.29) is 4.90 Å². The summed E-state index contributed by atoms with van der Waals surface area (Å²) in [6.45, 7) is 0.307. The highest BCUT2D eigenvalue weighted by atomic mass is 32.2. The molecular formula is C20H17N2O3S+. The molecule has 1 aliphatic heterocycles. The molecule has 0 aliphatic carbocycles. The van der Waals surface area contributed by atoms with E-state index in [9.17, 15) is 8.42 Å². The third-order valence-corrected chi connectivity index (χ3v) is 5.46. The number of hydrogen-bond acceptors (Lipinski definition) is 3. The molecule has 1 N–H and O–H groups in total. The van der Waals surface area contributed by atoms with Crippen molar-refractivity contribution in [3.63, 3.8) is 0 Å². The predicted molar refractivity (Wildman–Crippen MR) is 101 cm³/mol. The quantitative estimate of drug-likeness (QED) is 0.719. The number of hydrogen-bond donors (Lipinski definition) is 1. The van der Waals surface area contributed by atoms with Gasteiger partial charge in [0.25, 0.3) is 16.8 Å². The predicted octanol–water partition coefficient (Wildman–Crippen LogP) is 3.60. The number of benzene rings is 3. The molecule has 0 atom stereocenters. The van der Waals surface area contributed by atoms with Crippen LogP contribution in [0.3, 0.4) is 0 Å². The summed E-state index contributed by atoms with van der Waals surface area (Å²) in [6, 6.07) is 23.5. The number of sulfonamides is 1. The molecule has 0 unspecified atom stereocenters. The fraction of sp³-hybridized carbons (Fsp3) is 0.0500. The molecule has 3 aromatic carbocycles. The normalized spacial score (nSPS) is 13.3. The third kappa shape index (κ3) is 3.19. The summed E-state index contributed by atoms with van der Waals surface area (Å²) in [4.78, 5) is 0.211. The average Bonchev–Trinajstić information content (AvgIpc) is 2.69. The molecule has 1 heterocycles. The van der Waals surface area contributed by atoms with E-state index in [2.05, 4.69) is 4.72 Å². The number of nitrogens with one attached hydrogen (secondary N) is 1. The van der Waals surface area contributed by atoms with Crippen molar-refractivity contribution in [2.75, 3.05) is 11.5 Å². The second kappa shape index (κ2) is 6.65. The van der Waals surface area contributed by atoms with Crippen molar-refractivity contribution < 1.29 is 17.7 Å². The number of para-hydroxylation sites is 2. The van der Waals surface area contributed by atoms with Gasteiger partial charge in [0.2, 0.25) is 5.69 Å². The van der Waals surface area contributed by atoms with Gasteiger partial charge in [-0.2, -0.15) is 4.58 Å². The first kappa shape index (κ1) is 16.4. The van der Waals surface area contributed by atoms with Crippen molar-refractivity contribution in [1.29, 1.82) is 0 Å². The molecule has 1 aliphatic rings. The lowest BCUT2D eigenvalue weighted by Gasteiger charge is -2.17. The van der Waals surface area contributed by atoms with E-state index in [0.29, 0.717) is 18.2 Å². The summed E-state index contributed by atoms with van der Waals surface area (Å²) in [5.74, 6) is 0.527. The fourth-order valence-corrected chi connectivity index (χ4v) is 3.89. The maximum atomic E-state index is 12.6. The number of nitrogens with zero attached hydrogens (tertiary/aromatic N) is 1. The van der Waals surface area contributed by atoms with Crippen molar-refractivity contribution in [2.24, 2.45) is 0 Å². The molecule has 0 aromatic heterocycles. The van der Waals surface area contributed by atoms with Crippen LogP contribution >= 0.6 is 0 Å². The lowest BCUT2D eigenvalue weighted by Crippen LogP contribution is -2.22. The standard InChI is InChI=1S/C20H17N2O3S/c23-26(24,18-11-5-2-6-12-18)21-19-13-7-8-16-14-22(15-25-20(16)19)17-9-3-1-4-10-17/h1-14,21H,15H2/q+1. The van der Waals surface area contributed by atoms with Gasteiger partial charge in [0.1, 0.15) is 0 Å². The maximum Gasteiger partial charge on any atom is 0.292 e. The Morgan fingerprint density at radius 2 is 1.54 bits per heavy atom. The van der Waals surface area contributed by atoms with Gasteiger partial charge in [0.05, 0.1) is 16.1 Å². The second-order valence-electron chi connectivity index (χ2n) is 5.85. The van der Waals surface area contributed by atoms with Crippen molar-refractivity contribution in [2.45, 2.75) is 4.90 Å². The maximum absolute atomic E-state index is 12.6. The third-order valence-electron chi connectivity index (χ3n) is 4.07. The topological polar surface area (TPSA) is 58.4 Å². The molecule has 0 amide bonds. The Hall–Kier alpha value is -3.12. The Morgan fingerprint density at radius 1 is 0.846 bits per heavy atom. The lowest BCUT2D eigenvalue weighted by molar-refractivity contribution is -0.476. The Labute approximate surface area is 152 Å². The molecule has 0 saturated heterocycles. The van der Waals surface area contributed by atoms with Crippen LogP contribution in [0.4, 0.5) is 11.4 Å². The Bertz CT molecular complexity index is 1060. The number of rotatable bonds is 4. The van der Waals surface area contributed by atoms with Crippen LogP contribution in [-0.2, 0) is 10.0 Å². The Balaban J connectivity index is 1.69. The van der Waals surface area contributed by atoms with E-state index in [1.165, 1.54) is 0 Å². The fourth-order valence-electron chi connectivity index (χ4n) is 2.81. The molecule has 26 heavy (non-hydrogen) atoms. The zero-order chi connectivity index (χ0) is 18.0. The Kier molecular flexibility index (Phi) is 4.18. The van der Waals surface area contributed by atoms with Crippen molar-refractivity contribution in [3.8, 4) is 5.75 Å². The molecule has 3 aromatic rings. The van der Waals surface area contributed by atoms with Gasteiger partial charge in [-0.3, -0.25) is 4.72 Å². The molecule has 4 rings (SSSR count). The smallest absolute Gasteiger partial charge is 0.292 e. The summed E-state index contributed by atoms with van der Waals surface area (Å²) in [6.07, 6.45) is 1.95. The van der Waals surface area contributed by atoms with Gasteiger partial charge in [-0.25, -0.2) is 8.42 Å². The largest absolute Gasteiger partial charge is 0.433 e. The first-order valence-corrected chi connectivity index (χ1v) is 9.62. The number of anilines is 1. The summed E-state index contributed by atoms with van der Waals surface area (Å²) in [5.41, 5.74) is 2.25. The van der Waals surface area contributed by atoms with Crippen LogP contribution in [0, 0.1) is 0 Å². The Morgan fingerprint density at radius 3 is 2.27 bits per heavy atom. The molecule has 0 fully saturated rings. The molecule has 0 spiro atoms. The lowest BCUT2D eigenvalue weighted by atomic mass is 10.1. The van der Waals surface area contributed by atoms with Crippen LogP contribution in [0.2, 0.25) is 0 Å². The molecular weight excluding hydrogens is 348 g/mol. The second-order valence-corrected chi connectivity index (χ2v) is 7.53. The monoisotopic (exact) mass is 365 g/mol. The zero-order valence-electron chi connectivity index (χ0n) is 13.9. The van der Waals surface area contributed by atoms with E-state index in [4.69, 9.17) is 4.74 Å². The zero-order valence-corrected chi connectivity index (χ0v) is 14.7. The summed E-state index contributed by atoms with van der Waals surface area (Å²) < 4.78 is 35.6. The highest BCUT2D eigenvalue weighted by molar-refractivity contribution is 7.92. The van der Waals surface area contributed by atoms with E-state index < -0.39 is 10.0 Å². The van der Waals surface area contributed by atoms with Gasteiger partial charge in [-0.05, 0) is 24.3 Å². The van der Waals surface area contributed by atoms with Gasteiger partial charge in [-0.15, -0.1) is 0 Å². The van der Waals surface area contributed by atoms with Crippen molar-refractivity contribution in [1.82, 2.24) is 0 Å². The van der Waals surface area contributed by atoms with E-state index in [0.717, 1.165) is 11.3 Å². The SMILES string of the molecule is O=S(=O)(Nc1cccc2c1OC[N+](c1ccccc1)=C2)c1ccccc1. The van der Waals surface area contributed by atoms with Gasteiger partial charge in [0.15, 0.2) is 12.0 Å². The minimum atomic E-state index is -3.67. The van der Waals surface area contributed by atoms with Gasteiger partial charge in [0, 0.05) is 12.1 Å². The minimum Gasteiger partial charge on any atom is -0.433 e. The summed E-state index contributed by atoms with van der Waals surface area (Å²) in [5, 5.41) is 0.